The number of hydrogen-bond donors (Lipinski definition) is 2. The molecule has 0 aliphatic carbocycles. The third kappa shape index (κ3) is 2.37. The number of H-pyrrole nitrogens is 2. The first-order chi connectivity index (χ1) is 11.6. The first-order valence-corrected chi connectivity index (χ1v) is 7.81. The predicted octanol–water partition coefficient (Wildman–Crippen LogP) is 2.55. The van der Waals surface area contributed by atoms with Crippen molar-refractivity contribution in [3.05, 3.63) is 53.2 Å². The van der Waals surface area contributed by atoms with Gasteiger partial charge in [0.15, 0.2) is 0 Å². The summed E-state index contributed by atoms with van der Waals surface area (Å²) in [5.74, 6) is -0.539. The van der Waals surface area contributed by atoms with E-state index in [1.807, 2.05) is 6.92 Å². The van der Waals surface area contributed by atoms with Gasteiger partial charge >= 0.3 is 0 Å². The summed E-state index contributed by atoms with van der Waals surface area (Å²) in [6, 6.07) is 6.24. The van der Waals surface area contributed by atoms with Crippen molar-refractivity contribution in [2.75, 3.05) is 19.8 Å². The van der Waals surface area contributed by atoms with Crippen molar-refractivity contribution in [1.29, 1.82) is 0 Å². The van der Waals surface area contributed by atoms with Crippen molar-refractivity contribution in [2.45, 2.75) is 13.0 Å². The number of halogens is 1. The van der Waals surface area contributed by atoms with Crippen molar-refractivity contribution < 1.29 is 13.9 Å². The smallest absolute Gasteiger partial charge is 0.271 e. The number of nitrogens with zero attached hydrogens (tertiary/aromatic N) is 2. The molecule has 2 aromatic heterocycles. The third-order valence-electron chi connectivity index (χ3n) is 4.43. The molecule has 0 unspecified atom stereocenters. The molecule has 0 spiro atoms. The first-order valence-electron chi connectivity index (χ1n) is 7.81. The molecular formula is C17H17FN4O2. The van der Waals surface area contributed by atoms with Crippen LogP contribution in [0.25, 0.3) is 10.9 Å². The number of morpholine rings is 1. The van der Waals surface area contributed by atoms with E-state index in [-0.39, 0.29) is 17.8 Å². The highest BCUT2D eigenvalue weighted by molar-refractivity contribution is 5.98. The molecule has 1 amide bonds. The molecule has 1 aliphatic rings. The molecule has 3 aromatic rings. The Hall–Kier alpha value is -2.67. The maximum absolute atomic E-state index is 13.9. The fraction of sp³-hybridized carbons (Fsp3) is 0.294. The molecule has 124 valence electrons. The Bertz CT molecular complexity index is 901. The highest BCUT2D eigenvalue weighted by Crippen LogP contribution is 2.27. The zero-order chi connectivity index (χ0) is 16.7. The Morgan fingerprint density at radius 3 is 3.08 bits per heavy atom. The lowest BCUT2D eigenvalue weighted by Crippen LogP contribution is -2.44. The van der Waals surface area contributed by atoms with Gasteiger partial charge in [-0.25, -0.2) is 4.39 Å². The Morgan fingerprint density at radius 2 is 2.33 bits per heavy atom. The predicted molar refractivity (Wildman–Crippen MR) is 86.2 cm³/mol. The molecule has 1 saturated heterocycles. The average Bonchev–Trinajstić information content (AvgIpc) is 3.21. The molecule has 3 heterocycles. The maximum atomic E-state index is 13.9. The van der Waals surface area contributed by atoms with E-state index < -0.39 is 0 Å². The molecule has 4 rings (SSSR count). The van der Waals surface area contributed by atoms with Gasteiger partial charge in [-0.15, -0.1) is 0 Å². The zero-order valence-corrected chi connectivity index (χ0v) is 13.2. The molecule has 1 atom stereocenters. The van der Waals surface area contributed by atoms with Gasteiger partial charge in [0.1, 0.15) is 11.5 Å². The molecule has 1 aliphatic heterocycles. The first kappa shape index (κ1) is 14.9. The second-order valence-corrected chi connectivity index (χ2v) is 5.94. The van der Waals surface area contributed by atoms with Crippen LogP contribution >= 0.6 is 0 Å². The van der Waals surface area contributed by atoms with Gasteiger partial charge in [-0.2, -0.15) is 5.10 Å². The number of carbonyl (C=O) groups excluding carboxylic acids is 1. The van der Waals surface area contributed by atoms with Gasteiger partial charge in [0, 0.05) is 11.9 Å². The standard InChI is InChI=1S/C17H17FN4O2/c1-10-8-19-21-15(10)14-9-24-6-5-22(14)17(23)13-7-11-3-2-4-12(18)16(11)20-13/h2-4,7-8,14,20H,5-6,9H2,1H3,(H,19,21)/t14-/m1/s1. The SMILES string of the molecule is Cc1cn[nH]c1[C@H]1COCCN1C(=O)c1cc2cccc(F)c2[nH]1. The molecule has 1 aromatic carbocycles. The highest BCUT2D eigenvalue weighted by Gasteiger charge is 2.32. The molecular weight excluding hydrogens is 311 g/mol. The van der Waals surface area contributed by atoms with Gasteiger partial charge in [0.2, 0.25) is 0 Å². The number of aromatic amines is 2. The van der Waals surface area contributed by atoms with Gasteiger partial charge in [0.05, 0.1) is 36.7 Å². The molecule has 7 heteroatoms. The largest absolute Gasteiger partial charge is 0.377 e. The third-order valence-corrected chi connectivity index (χ3v) is 4.43. The summed E-state index contributed by atoms with van der Waals surface area (Å²) in [6.45, 7) is 3.29. The van der Waals surface area contributed by atoms with Crippen LogP contribution in [0, 0.1) is 12.7 Å². The van der Waals surface area contributed by atoms with E-state index >= 15 is 0 Å². The summed E-state index contributed by atoms with van der Waals surface area (Å²) < 4.78 is 19.4. The highest BCUT2D eigenvalue weighted by atomic mass is 19.1. The van der Waals surface area contributed by atoms with Crippen molar-refractivity contribution in [2.24, 2.45) is 0 Å². The summed E-state index contributed by atoms with van der Waals surface area (Å²) in [6.07, 6.45) is 1.73. The van der Waals surface area contributed by atoms with Gasteiger partial charge in [-0.05, 0) is 24.6 Å². The molecule has 24 heavy (non-hydrogen) atoms. The minimum Gasteiger partial charge on any atom is -0.377 e. The van der Waals surface area contributed by atoms with E-state index in [0.717, 1.165) is 11.3 Å². The van der Waals surface area contributed by atoms with Crippen LogP contribution in [-0.4, -0.2) is 45.7 Å². The number of nitrogens with one attached hydrogen (secondary N) is 2. The fourth-order valence-electron chi connectivity index (χ4n) is 3.17. The molecule has 0 saturated carbocycles. The molecule has 6 nitrogen and oxygen atoms in total. The van der Waals surface area contributed by atoms with Crippen molar-refractivity contribution >= 4 is 16.8 Å². The van der Waals surface area contributed by atoms with Crippen LogP contribution in [-0.2, 0) is 4.74 Å². The number of carbonyl (C=O) groups is 1. The molecule has 2 N–H and O–H groups in total. The molecule has 0 bridgehead atoms. The minimum absolute atomic E-state index is 0.173. The second-order valence-electron chi connectivity index (χ2n) is 5.94. The number of aryl methyl sites for hydroxylation is 1. The van der Waals surface area contributed by atoms with Gasteiger partial charge in [-0.1, -0.05) is 12.1 Å². The fourth-order valence-corrected chi connectivity index (χ4v) is 3.17. The lowest BCUT2D eigenvalue weighted by molar-refractivity contribution is -0.00433. The van der Waals surface area contributed by atoms with Crippen LogP contribution in [0.3, 0.4) is 0 Å². The number of para-hydroxylation sites is 1. The summed E-state index contributed by atoms with van der Waals surface area (Å²) in [5.41, 5.74) is 2.57. The van der Waals surface area contributed by atoms with Crippen LogP contribution in [0.2, 0.25) is 0 Å². The zero-order valence-electron chi connectivity index (χ0n) is 13.2. The second kappa shape index (κ2) is 5.76. The number of benzene rings is 1. The lowest BCUT2D eigenvalue weighted by atomic mass is 10.1. The van der Waals surface area contributed by atoms with Gasteiger partial charge in [0.25, 0.3) is 5.91 Å². The van der Waals surface area contributed by atoms with Crippen LogP contribution in [0.1, 0.15) is 27.8 Å². The lowest BCUT2D eigenvalue weighted by Gasteiger charge is -2.35. The summed E-state index contributed by atoms with van der Waals surface area (Å²) in [7, 11) is 0. The van der Waals surface area contributed by atoms with Crippen molar-refractivity contribution in [3.8, 4) is 0 Å². The van der Waals surface area contributed by atoms with Crippen molar-refractivity contribution in [1.82, 2.24) is 20.1 Å². The van der Waals surface area contributed by atoms with E-state index in [1.165, 1.54) is 6.07 Å². The van der Waals surface area contributed by atoms with E-state index in [0.29, 0.717) is 36.4 Å². The van der Waals surface area contributed by atoms with Gasteiger partial charge in [-0.3, -0.25) is 9.89 Å². The molecule has 1 fully saturated rings. The number of hydrogen-bond acceptors (Lipinski definition) is 3. The average molecular weight is 328 g/mol. The maximum Gasteiger partial charge on any atom is 0.271 e. The van der Waals surface area contributed by atoms with E-state index in [2.05, 4.69) is 15.2 Å². The Balaban J connectivity index is 1.70. The molecule has 0 radical (unpaired) electrons. The van der Waals surface area contributed by atoms with Crippen LogP contribution in [0.5, 0.6) is 0 Å². The minimum atomic E-state index is -0.366. The Morgan fingerprint density at radius 1 is 1.46 bits per heavy atom. The summed E-state index contributed by atoms with van der Waals surface area (Å²) in [5, 5.41) is 7.67. The number of fused-ring (bicyclic) bond motifs is 1. The summed E-state index contributed by atoms with van der Waals surface area (Å²) >= 11 is 0. The summed E-state index contributed by atoms with van der Waals surface area (Å²) in [4.78, 5) is 17.6. The number of rotatable bonds is 2. The quantitative estimate of drug-likeness (QED) is 0.759. The Kier molecular flexibility index (Phi) is 3.57. The number of ether oxygens (including phenoxy) is 1. The van der Waals surface area contributed by atoms with E-state index in [4.69, 9.17) is 4.74 Å². The number of amides is 1. The van der Waals surface area contributed by atoms with E-state index in [1.54, 1.807) is 29.3 Å². The topological polar surface area (TPSA) is 74.0 Å². The van der Waals surface area contributed by atoms with Gasteiger partial charge < -0.3 is 14.6 Å². The van der Waals surface area contributed by atoms with Crippen LogP contribution < -0.4 is 0 Å². The Labute approximate surface area is 137 Å². The van der Waals surface area contributed by atoms with Crippen molar-refractivity contribution in [3.63, 3.8) is 0 Å². The normalized spacial score (nSPS) is 18.2. The van der Waals surface area contributed by atoms with E-state index in [9.17, 15) is 9.18 Å². The monoisotopic (exact) mass is 328 g/mol. The van der Waals surface area contributed by atoms with Crippen LogP contribution in [0.15, 0.2) is 30.5 Å². The number of aromatic nitrogens is 3. The van der Waals surface area contributed by atoms with Crippen LogP contribution in [0.4, 0.5) is 4.39 Å².